The molecule has 0 heterocycles. The van der Waals surface area contributed by atoms with Gasteiger partial charge in [-0.15, -0.1) is 0 Å². The Kier molecular flexibility index (Phi) is 1.99. The van der Waals surface area contributed by atoms with Crippen LogP contribution in [0.5, 0.6) is 0 Å². The molecule has 0 spiro atoms. The Hall–Kier alpha value is -0.0400. The summed E-state index contributed by atoms with van der Waals surface area (Å²) < 4.78 is 0. The summed E-state index contributed by atoms with van der Waals surface area (Å²) in [6, 6.07) is 0.784. The molecule has 2 aliphatic rings. The molecule has 0 aromatic heterocycles. The van der Waals surface area contributed by atoms with Gasteiger partial charge in [-0.1, -0.05) is 27.7 Å². The van der Waals surface area contributed by atoms with Crippen LogP contribution >= 0.6 is 0 Å². The van der Waals surface area contributed by atoms with Gasteiger partial charge in [-0.05, 0) is 42.6 Å². The number of rotatable bonds is 2. The minimum absolute atomic E-state index is 0.563. The van der Waals surface area contributed by atoms with Crippen molar-refractivity contribution in [2.45, 2.75) is 53.0 Å². The van der Waals surface area contributed by atoms with Crippen LogP contribution in [0.15, 0.2) is 0 Å². The van der Waals surface area contributed by atoms with Crippen LogP contribution in [0.3, 0.4) is 0 Å². The van der Waals surface area contributed by atoms with Crippen molar-refractivity contribution >= 4 is 0 Å². The molecule has 1 N–H and O–H groups in total. The lowest BCUT2D eigenvalue weighted by molar-refractivity contribution is 0.122. The Labute approximate surface area is 82.3 Å². The zero-order chi connectivity index (χ0) is 9.69. The second-order valence-electron chi connectivity index (χ2n) is 5.72. The smallest absolute Gasteiger partial charge is 0.0129 e. The van der Waals surface area contributed by atoms with Crippen LogP contribution in [-0.2, 0) is 0 Å². The summed E-state index contributed by atoms with van der Waals surface area (Å²) in [7, 11) is 0. The van der Waals surface area contributed by atoms with Crippen LogP contribution in [0.25, 0.3) is 0 Å². The highest BCUT2D eigenvalue weighted by Crippen LogP contribution is 2.65. The summed E-state index contributed by atoms with van der Waals surface area (Å²) in [5, 5.41) is 3.67. The van der Waals surface area contributed by atoms with Crippen LogP contribution in [0.4, 0.5) is 0 Å². The van der Waals surface area contributed by atoms with Gasteiger partial charge in [-0.3, -0.25) is 0 Å². The number of fused-ring (bicyclic) bond motifs is 2. The van der Waals surface area contributed by atoms with Gasteiger partial charge in [0.15, 0.2) is 0 Å². The standard InChI is InChI=1S/C12H23N/c1-5-13-10-8-9-6-7-12(10,4)11(9,2)3/h9-10,13H,5-8H2,1-4H3/t9?,10?,12-/m1/s1. The molecule has 76 valence electrons. The average Bonchev–Trinajstić information content (AvgIpc) is 2.37. The van der Waals surface area contributed by atoms with Gasteiger partial charge in [0.25, 0.3) is 0 Å². The van der Waals surface area contributed by atoms with Gasteiger partial charge in [0, 0.05) is 6.04 Å². The molecule has 13 heavy (non-hydrogen) atoms. The molecule has 0 amide bonds. The van der Waals surface area contributed by atoms with Crippen molar-refractivity contribution in [3.05, 3.63) is 0 Å². The first-order valence-electron chi connectivity index (χ1n) is 5.75. The van der Waals surface area contributed by atoms with Gasteiger partial charge in [0.2, 0.25) is 0 Å². The van der Waals surface area contributed by atoms with Crippen molar-refractivity contribution in [3.8, 4) is 0 Å². The minimum atomic E-state index is 0.563. The van der Waals surface area contributed by atoms with Gasteiger partial charge in [-0.2, -0.15) is 0 Å². The lowest BCUT2D eigenvalue weighted by Crippen LogP contribution is -2.44. The Balaban J connectivity index is 2.22. The Bertz CT molecular complexity index is 209. The molecule has 1 nitrogen and oxygen atoms in total. The molecular formula is C12H23N. The van der Waals surface area contributed by atoms with Crippen molar-refractivity contribution < 1.29 is 0 Å². The molecule has 0 aromatic rings. The topological polar surface area (TPSA) is 12.0 Å². The van der Waals surface area contributed by atoms with Gasteiger partial charge in [-0.25, -0.2) is 0 Å². The fourth-order valence-corrected chi connectivity index (χ4v) is 3.76. The molecule has 0 aliphatic heterocycles. The van der Waals surface area contributed by atoms with Crippen molar-refractivity contribution in [2.75, 3.05) is 6.54 Å². The van der Waals surface area contributed by atoms with Gasteiger partial charge < -0.3 is 5.32 Å². The SMILES string of the molecule is CCNC1CC2CC[C@@]1(C)C2(C)C. The van der Waals surface area contributed by atoms with Crippen molar-refractivity contribution in [2.24, 2.45) is 16.7 Å². The second kappa shape index (κ2) is 2.73. The molecule has 2 saturated carbocycles. The molecule has 2 aliphatic carbocycles. The maximum Gasteiger partial charge on any atom is 0.0129 e. The Morgan fingerprint density at radius 2 is 2.00 bits per heavy atom. The van der Waals surface area contributed by atoms with Gasteiger partial charge >= 0.3 is 0 Å². The monoisotopic (exact) mass is 181 g/mol. The molecule has 0 saturated heterocycles. The molecule has 1 heteroatoms. The number of hydrogen-bond acceptors (Lipinski definition) is 1. The summed E-state index contributed by atoms with van der Waals surface area (Å²) in [6.45, 7) is 10.8. The Morgan fingerprint density at radius 1 is 1.31 bits per heavy atom. The minimum Gasteiger partial charge on any atom is -0.314 e. The van der Waals surface area contributed by atoms with E-state index in [1.54, 1.807) is 0 Å². The lowest BCUT2D eigenvalue weighted by Gasteiger charge is -2.39. The van der Waals surface area contributed by atoms with Crippen LogP contribution < -0.4 is 5.32 Å². The van der Waals surface area contributed by atoms with E-state index in [4.69, 9.17) is 0 Å². The summed E-state index contributed by atoms with van der Waals surface area (Å²) in [4.78, 5) is 0. The number of nitrogens with one attached hydrogen (secondary N) is 1. The van der Waals surface area contributed by atoms with Crippen molar-refractivity contribution in [3.63, 3.8) is 0 Å². The average molecular weight is 181 g/mol. The predicted molar refractivity (Wildman–Crippen MR) is 56.7 cm³/mol. The van der Waals surface area contributed by atoms with Gasteiger partial charge in [0.05, 0.1) is 0 Å². The zero-order valence-electron chi connectivity index (χ0n) is 9.48. The molecular weight excluding hydrogens is 158 g/mol. The summed E-state index contributed by atoms with van der Waals surface area (Å²) in [6.07, 6.45) is 4.31. The van der Waals surface area contributed by atoms with Crippen molar-refractivity contribution in [1.29, 1.82) is 0 Å². The third-order valence-corrected chi connectivity index (χ3v) is 5.24. The molecule has 0 aromatic carbocycles. The lowest BCUT2D eigenvalue weighted by atomic mass is 9.69. The van der Waals surface area contributed by atoms with Crippen LogP contribution in [0.1, 0.15) is 47.0 Å². The van der Waals surface area contributed by atoms with Gasteiger partial charge in [0.1, 0.15) is 0 Å². The molecule has 0 radical (unpaired) electrons. The summed E-state index contributed by atoms with van der Waals surface area (Å²) in [5.41, 5.74) is 1.13. The fourth-order valence-electron chi connectivity index (χ4n) is 3.76. The third-order valence-electron chi connectivity index (χ3n) is 5.24. The first-order chi connectivity index (χ1) is 6.02. The first-order valence-corrected chi connectivity index (χ1v) is 5.75. The molecule has 2 rings (SSSR count). The molecule has 2 unspecified atom stereocenters. The van der Waals surface area contributed by atoms with E-state index in [1.807, 2.05) is 0 Å². The first kappa shape index (κ1) is 9.51. The van der Waals surface area contributed by atoms with E-state index in [0.29, 0.717) is 10.8 Å². The highest BCUT2D eigenvalue weighted by molar-refractivity contribution is 5.12. The molecule has 2 bridgehead atoms. The molecule has 3 atom stereocenters. The maximum atomic E-state index is 3.67. The predicted octanol–water partition coefficient (Wildman–Crippen LogP) is 2.81. The van der Waals surface area contributed by atoms with E-state index in [1.165, 1.54) is 19.3 Å². The fraction of sp³-hybridized carbons (Fsp3) is 1.00. The Morgan fingerprint density at radius 3 is 2.38 bits per heavy atom. The van der Waals surface area contributed by atoms with E-state index in [0.717, 1.165) is 18.5 Å². The highest BCUT2D eigenvalue weighted by atomic mass is 15.0. The van der Waals surface area contributed by atoms with Crippen LogP contribution in [-0.4, -0.2) is 12.6 Å². The van der Waals surface area contributed by atoms with Crippen molar-refractivity contribution in [1.82, 2.24) is 5.32 Å². The van der Waals surface area contributed by atoms with Crippen LogP contribution in [0.2, 0.25) is 0 Å². The maximum absolute atomic E-state index is 3.67. The quantitative estimate of drug-likeness (QED) is 0.690. The summed E-state index contributed by atoms with van der Waals surface area (Å²) in [5.74, 6) is 0.974. The molecule has 2 fully saturated rings. The van der Waals surface area contributed by atoms with E-state index in [2.05, 4.69) is 33.0 Å². The van der Waals surface area contributed by atoms with E-state index < -0.39 is 0 Å². The van der Waals surface area contributed by atoms with E-state index >= 15 is 0 Å². The van der Waals surface area contributed by atoms with Crippen LogP contribution in [0, 0.1) is 16.7 Å². The summed E-state index contributed by atoms with van der Waals surface area (Å²) >= 11 is 0. The largest absolute Gasteiger partial charge is 0.314 e. The third kappa shape index (κ3) is 1.03. The zero-order valence-corrected chi connectivity index (χ0v) is 9.48. The second-order valence-corrected chi connectivity index (χ2v) is 5.72. The van der Waals surface area contributed by atoms with E-state index in [-0.39, 0.29) is 0 Å². The van der Waals surface area contributed by atoms with E-state index in [9.17, 15) is 0 Å². The highest BCUT2D eigenvalue weighted by Gasteiger charge is 2.60. The number of hydrogen-bond donors (Lipinski definition) is 1. The normalized spacial score (nSPS) is 47.1.